The SMILES string of the molecule is O=C1C=C(Nc2ccccc2)C(=O)C2=C1NCC=C2. The van der Waals surface area contributed by atoms with Crippen molar-refractivity contribution >= 4 is 17.3 Å². The molecule has 0 atom stereocenters. The molecule has 1 aromatic rings. The van der Waals surface area contributed by atoms with Crippen LogP contribution in [0.2, 0.25) is 0 Å². The molecule has 2 N–H and O–H groups in total. The van der Waals surface area contributed by atoms with Crippen LogP contribution in [-0.2, 0) is 9.59 Å². The van der Waals surface area contributed by atoms with Gasteiger partial charge < -0.3 is 10.6 Å². The van der Waals surface area contributed by atoms with Crippen molar-refractivity contribution in [2.75, 3.05) is 11.9 Å². The molecule has 2 aliphatic rings. The fourth-order valence-corrected chi connectivity index (χ4v) is 2.11. The number of allylic oxidation sites excluding steroid dienone is 3. The number of dihydropyridines is 1. The lowest BCUT2D eigenvalue weighted by atomic mass is 9.95. The molecular weight excluding hydrogens is 240 g/mol. The number of rotatable bonds is 2. The lowest BCUT2D eigenvalue weighted by Gasteiger charge is -2.21. The molecule has 4 heteroatoms. The summed E-state index contributed by atoms with van der Waals surface area (Å²) in [7, 11) is 0. The van der Waals surface area contributed by atoms with Gasteiger partial charge in [-0.3, -0.25) is 9.59 Å². The highest BCUT2D eigenvalue weighted by Crippen LogP contribution is 2.22. The van der Waals surface area contributed by atoms with Crippen LogP contribution in [0.25, 0.3) is 0 Å². The lowest BCUT2D eigenvalue weighted by Crippen LogP contribution is -2.32. The van der Waals surface area contributed by atoms with Crippen LogP contribution in [0.4, 0.5) is 5.69 Å². The molecule has 1 aliphatic carbocycles. The Kier molecular flexibility index (Phi) is 2.76. The van der Waals surface area contributed by atoms with Gasteiger partial charge in [0.15, 0.2) is 0 Å². The maximum absolute atomic E-state index is 12.3. The Balaban J connectivity index is 1.91. The zero-order chi connectivity index (χ0) is 13.2. The number of Topliss-reactive ketones (excluding diaryl/α,β-unsaturated/α-hetero) is 1. The van der Waals surface area contributed by atoms with Gasteiger partial charge >= 0.3 is 0 Å². The zero-order valence-corrected chi connectivity index (χ0v) is 10.1. The highest BCUT2D eigenvalue weighted by Gasteiger charge is 2.28. The standard InChI is InChI=1S/C15H12N2O2/c18-13-9-12(17-10-5-2-1-3-6-10)15(19)11-7-4-8-16-14(11)13/h1-7,9,16-17H,8H2. The van der Waals surface area contributed by atoms with E-state index in [4.69, 9.17) is 0 Å². The number of anilines is 1. The Bertz CT molecular complexity index is 639. The molecule has 0 saturated heterocycles. The summed E-state index contributed by atoms with van der Waals surface area (Å²) in [6, 6.07) is 9.31. The van der Waals surface area contributed by atoms with Crippen molar-refractivity contribution in [3.05, 3.63) is 65.5 Å². The minimum absolute atomic E-state index is 0.165. The third kappa shape index (κ3) is 2.08. The van der Waals surface area contributed by atoms with Gasteiger partial charge in [-0.15, -0.1) is 0 Å². The van der Waals surface area contributed by atoms with Crippen LogP contribution in [-0.4, -0.2) is 18.1 Å². The summed E-state index contributed by atoms with van der Waals surface area (Å²) in [5.74, 6) is -0.334. The van der Waals surface area contributed by atoms with Crippen molar-refractivity contribution in [1.82, 2.24) is 5.32 Å². The Morgan fingerprint density at radius 2 is 1.89 bits per heavy atom. The van der Waals surface area contributed by atoms with Crippen molar-refractivity contribution in [1.29, 1.82) is 0 Å². The number of hydrogen-bond donors (Lipinski definition) is 2. The van der Waals surface area contributed by atoms with Gasteiger partial charge in [0.2, 0.25) is 11.6 Å². The second kappa shape index (κ2) is 4.57. The molecule has 1 aliphatic heterocycles. The first kappa shape index (κ1) is 11.5. The van der Waals surface area contributed by atoms with Gasteiger partial charge in [0, 0.05) is 18.3 Å². The highest BCUT2D eigenvalue weighted by atomic mass is 16.1. The van der Waals surface area contributed by atoms with Crippen LogP contribution in [0.5, 0.6) is 0 Å². The molecule has 0 saturated carbocycles. The van der Waals surface area contributed by atoms with Crippen molar-refractivity contribution in [2.45, 2.75) is 0 Å². The normalized spacial score (nSPS) is 17.8. The van der Waals surface area contributed by atoms with Gasteiger partial charge in [-0.25, -0.2) is 0 Å². The van der Waals surface area contributed by atoms with Crippen molar-refractivity contribution in [2.24, 2.45) is 0 Å². The van der Waals surface area contributed by atoms with Gasteiger partial charge in [0.1, 0.15) is 0 Å². The molecule has 1 aromatic carbocycles. The number of benzene rings is 1. The van der Waals surface area contributed by atoms with Crippen LogP contribution in [0.3, 0.4) is 0 Å². The smallest absolute Gasteiger partial charge is 0.211 e. The number of ketones is 2. The lowest BCUT2D eigenvalue weighted by molar-refractivity contribution is -0.115. The third-order valence-corrected chi connectivity index (χ3v) is 3.01. The highest BCUT2D eigenvalue weighted by molar-refractivity contribution is 6.24. The van der Waals surface area contributed by atoms with Crippen molar-refractivity contribution in [3.63, 3.8) is 0 Å². The van der Waals surface area contributed by atoms with Gasteiger partial charge in [-0.2, -0.15) is 0 Å². The minimum atomic E-state index is -0.169. The van der Waals surface area contributed by atoms with Crippen molar-refractivity contribution in [3.8, 4) is 0 Å². The molecule has 3 rings (SSSR count). The summed E-state index contributed by atoms with van der Waals surface area (Å²) >= 11 is 0. The first-order valence-electron chi connectivity index (χ1n) is 6.03. The molecule has 1 heterocycles. The zero-order valence-electron chi connectivity index (χ0n) is 10.1. The van der Waals surface area contributed by atoms with E-state index >= 15 is 0 Å². The maximum atomic E-state index is 12.3. The predicted molar refractivity (Wildman–Crippen MR) is 72.3 cm³/mol. The fraction of sp³-hybridized carbons (Fsp3) is 0.0667. The van der Waals surface area contributed by atoms with E-state index in [1.165, 1.54) is 6.08 Å². The van der Waals surface area contributed by atoms with Crippen LogP contribution < -0.4 is 10.6 Å². The van der Waals surface area contributed by atoms with Crippen LogP contribution >= 0.6 is 0 Å². The van der Waals surface area contributed by atoms with Crippen LogP contribution in [0.15, 0.2) is 65.5 Å². The quantitative estimate of drug-likeness (QED) is 0.784. The molecule has 0 aromatic heterocycles. The molecule has 0 bridgehead atoms. The molecule has 94 valence electrons. The summed E-state index contributed by atoms with van der Waals surface area (Å²) in [5, 5.41) is 5.92. The van der Waals surface area contributed by atoms with Crippen LogP contribution in [0.1, 0.15) is 0 Å². The number of para-hydroxylation sites is 1. The average molecular weight is 252 g/mol. The van der Waals surface area contributed by atoms with E-state index < -0.39 is 0 Å². The molecule has 0 spiro atoms. The van der Waals surface area contributed by atoms with E-state index in [0.29, 0.717) is 23.5 Å². The maximum Gasteiger partial charge on any atom is 0.211 e. The Morgan fingerprint density at radius 3 is 2.68 bits per heavy atom. The minimum Gasteiger partial charge on any atom is -0.378 e. The summed E-state index contributed by atoms with van der Waals surface area (Å²) in [5.41, 5.74) is 1.92. The summed E-state index contributed by atoms with van der Waals surface area (Å²) in [6.45, 7) is 0.577. The van der Waals surface area contributed by atoms with Gasteiger partial charge in [0.05, 0.1) is 17.0 Å². The van der Waals surface area contributed by atoms with E-state index in [-0.39, 0.29) is 11.6 Å². The molecule has 0 amide bonds. The Morgan fingerprint density at radius 1 is 1.11 bits per heavy atom. The largest absolute Gasteiger partial charge is 0.378 e. The molecular formula is C15H12N2O2. The second-order valence-electron chi connectivity index (χ2n) is 4.31. The number of carbonyl (C=O) groups is 2. The van der Waals surface area contributed by atoms with E-state index in [0.717, 1.165) is 5.69 Å². The number of nitrogens with one attached hydrogen (secondary N) is 2. The number of carbonyl (C=O) groups excluding carboxylic acids is 2. The topological polar surface area (TPSA) is 58.2 Å². The van der Waals surface area contributed by atoms with E-state index in [1.807, 2.05) is 36.4 Å². The average Bonchev–Trinajstić information content (AvgIpc) is 2.46. The van der Waals surface area contributed by atoms with Crippen LogP contribution in [0, 0.1) is 0 Å². The van der Waals surface area contributed by atoms with Gasteiger partial charge in [-0.05, 0) is 12.1 Å². The molecule has 0 radical (unpaired) electrons. The Labute approximate surface area is 110 Å². The van der Waals surface area contributed by atoms with E-state index in [2.05, 4.69) is 10.6 Å². The Hall–Kier alpha value is -2.62. The first-order valence-corrected chi connectivity index (χ1v) is 6.03. The number of hydrogen-bond acceptors (Lipinski definition) is 4. The molecule has 0 fully saturated rings. The molecule has 19 heavy (non-hydrogen) atoms. The van der Waals surface area contributed by atoms with Gasteiger partial charge in [-0.1, -0.05) is 30.4 Å². The summed E-state index contributed by atoms with van der Waals surface area (Å²) in [6.07, 6.45) is 4.88. The summed E-state index contributed by atoms with van der Waals surface area (Å²) in [4.78, 5) is 24.2. The monoisotopic (exact) mass is 252 g/mol. The summed E-state index contributed by atoms with van der Waals surface area (Å²) < 4.78 is 0. The van der Waals surface area contributed by atoms with E-state index in [9.17, 15) is 9.59 Å². The molecule has 4 nitrogen and oxygen atoms in total. The first-order chi connectivity index (χ1) is 9.25. The fourth-order valence-electron chi connectivity index (χ4n) is 2.11. The predicted octanol–water partition coefficient (Wildman–Crippen LogP) is 1.55. The third-order valence-electron chi connectivity index (χ3n) is 3.01. The van der Waals surface area contributed by atoms with Gasteiger partial charge in [0.25, 0.3) is 0 Å². The molecule has 0 unspecified atom stereocenters. The van der Waals surface area contributed by atoms with Crippen molar-refractivity contribution < 1.29 is 9.59 Å². The van der Waals surface area contributed by atoms with E-state index in [1.54, 1.807) is 6.08 Å². The second-order valence-corrected chi connectivity index (χ2v) is 4.31.